The zero-order chi connectivity index (χ0) is 10.9. The van der Waals surface area contributed by atoms with Gasteiger partial charge in [-0.25, -0.2) is 22.3 Å². The number of nitrogens with two attached hydrogens (primary N) is 1. The topological polar surface area (TPSA) is 73.1 Å². The summed E-state index contributed by atoms with van der Waals surface area (Å²) >= 11 is 5.40. The van der Waals surface area contributed by atoms with E-state index in [4.69, 9.17) is 16.7 Å². The molecule has 0 unspecified atom stereocenters. The first-order valence-corrected chi connectivity index (χ1v) is 5.21. The maximum atomic E-state index is 12.3. The lowest BCUT2D eigenvalue weighted by Gasteiger charge is -2.07. The Hall–Kier alpha value is -0.790. The molecule has 0 saturated heterocycles. The van der Waals surface area contributed by atoms with Crippen LogP contribution in [0.4, 0.5) is 8.78 Å². The standard InChI is InChI=1S/C6H5ClF2N2O2S/c7-4-2-11-1-3(6(8)9)5(4)14(10,12)13/h1-2,6H,(H2,10,12,13). The van der Waals surface area contributed by atoms with Crippen molar-refractivity contribution in [1.29, 1.82) is 0 Å². The van der Waals surface area contributed by atoms with Gasteiger partial charge >= 0.3 is 0 Å². The summed E-state index contributed by atoms with van der Waals surface area (Å²) in [4.78, 5) is 2.57. The Balaban J connectivity index is 3.54. The third-order valence-electron chi connectivity index (χ3n) is 1.40. The molecule has 1 rings (SSSR count). The molecule has 0 saturated carbocycles. The molecule has 0 aliphatic carbocycles. The zero-order valence-corrected chi connectivity index (χ0v) is 8.19. The van der Waals surface area contributed by atoms with Crippen LogP contribution < -0.4 is 5.14 Å². The second-order valence-corrected chi connectivity index (χ2v) is 4.29. The highest BCUT2D eigenvalue weighted by Crippen LogP contribution is 2.29. The van der Waals surface area contributed by atoms with Crippen LogP contribution in [0, 0.1) is 0 Å². The van der Waals surface area contributed by atoms with Gasteiger partial charge in [-0.05, 0) is 0 Å². The van der Waals surface area contributed by atoms with Gasteiger partial charge in [0.2, 0.25) is 10.0 Å². The van der Waals surface area contributed by atoms with Gasteiger partial charge < -0.3 is 0 Å². The summed E-state index contributed by atoms with van der Waals surface area (Å²) in [5.74, 6) is 0. The molecule has 2 N–H and O–H groups in total. The third-order valence-corrected chi connectivity index (χ3v) is 2.82. The Labute approximate surface area is 83.8 Å². The van der Waals surface area contributed by atoms with Crippen LogP contribution in [0.3, 0.4) is 0 Å². The summed E-state index contributed by atoms with van der Waals surface area (Å²) in [5, 5.41) is 4.31. The maximum absolute atomic E-state index is 12.3. The summed E-state index contributed by atoms with van der Waals surface area (Å²) in [6.07, 6.45) is -1.33. The quantitative estimate of drug-likeness (QED) is 0.850. The molecule has 0 aliphatic rings. The second-order valence-electron chi connectivity index (χ2n) is 2.39. The van der Waals surface area contributed by atoms with Gasteiger partial charge in [0, 0.05) is 12.4 Å². The van der Waals surface area contributed by atoms with Crippen LogP contribution in [0.15, 0.2) is 17.3 Å². The van der Waals surface area contributed by atoms with Crippen molar-refractivity contribution in [2.24, 2.45) is 5.14 Å². The number of aromatic nitrogens is 1. The highest BCUT2D eigenvalue weighted by atomic mass is 35.5. The van der Waals surface area contributed by atoms with E-state index in [1.807, 2.05) is 0 Å². The Bertz CT molecular complexity index is 449. The van der Waals surface area contributed by atoms with Gasteiger partial charge in [-0.2, -0.15) is 0 Å². The lowest BCUT2D eigenvalue weighted by molar-refractivity contribution is 0.147. The van der Waals surface area contributed by atoms with E-state index in [0.717, 1.165) is 12.4 Å². The van der Waals surface area contributed by atoms with Crippen LogP contribution in [-0.2, 0) is 10.0 Å². The van der Waals surface area contributed by atoms with Crippen molar-refractivity contribution in [2.45, 2.75) is 11.3 Å². The smallest absolute Gasteiger partial charge is 0.263 e. The van der Waals surface area contributed by atoms with E-state index in [0.29, 0.717) is 0 Å². The molecule has 1 aromatic rings. The highest BCUT2D eigenvalue weighted by molar-refractivity contribution is 7.89. The minimum atomic E-state index is -4.26. The molecule has 0 radical (unpaired) electrons. The van der Waals surface area contributed by atoms with Gasteiger partial charge in [-0.15, -0.1) is 0 Å². The average molecular weight is 243 g/mol. The van der Waals surface area contributed by atoms with Gasteiger partial charge in [0.1, 0.15) is 4.90 Å². The Kier molecular flexibility index (Phi) is 3.03. The first-order valence-electron chi connectivity index (χ1n) is 3.28. The van der Waals surface area contributed by atoms with Crippen molar-refractivity contribution in [3.63, 3.8) is 0 Å². The number of sulfonamides is 1. The number of hydrogen-bond donors (Lipinski definition) is 1. The van der Waals surface area contributed by atoms with Crippen molar-refractivity contribution in [3.05, 3.63) is 23.0 Å². The molecular formula is C6H5ClF2N2O2S. The van der Waals surface area contributed by atoms with Crippen LogP contribution in [0.5, 0.6) is 0 Å². The number of primary sulfonamides is 1. The molecule has 1 aromatic heterocycles. The summed E-state index contributed by atoms with van der Waals surface area (Å²) < 4.78 is 46.5. The fourth-order valence-electron chi connectivity index (χ4n) is 0.894. The molecule has 0 fully saturated rings. The first-order chi connectivity index (χ1) is 6.34. The number of alkyl halides is 2. The number of rotatable bonds is 2. The lowest BCUT2D eigenvalue weighted by atomic mass is 10.3. The fourth-order valence-corrected chi connectivity index (χ4v) is 2.18. The largest absolute Gasteiger partial charge is 0.266 e. The lowest BCUT2D eigenvalue weighted by Crippen LogP contribution is -2.15. The number of nitrogens with zero attached hydrogens (tertiary/aromatic N) is 1. The zero-order valence-electron chi connectivity index (χ0n) is 6.62. The normalized spacial score (nSPS) is 12.1. The van der Waals surface area contributed by atoms with Gasteiger partial charge in [-0.3, -0.25) is 4.98 Å². The monoisotopic (exact) mass is 242 g/mol. The van der Waals surface area contributed by atoms with Crippen molar-refractivity contribution in [3.8, 4) is 0 Å². The van der Waals surface area contributed by atoms with E-state index in [2.05, 4.69) is 4.98 Å². The summed E-state index contributed by atoms with van der Waals surface area (Å²) in [6.45, 7) is 0. The summed E-state index contributed by atoms with van der Waals surface area (Å²) in [6, 6.07) is 0. The predicted octanol–water partition coefficient (Wildman–Crippen LogP) is 1.32. The molecule has 78 valence electrons. The van der Waals surface area contributed by atoms with Crippen molar-refractivity contribution in [2.75, 3.05) is 0 Å². The van der Waals surface area contributed by atoms with Crippen molar-refractivity contribution < 1.29 is 17.2 Å². The van der Waals surface area contributed by atoms with Crippen molar-refractivity contribution >= 4 is 21.6 Å². The molecule has 8 heteroatoms. The van der Waals surface area contributed by atoms with Crippen LogP contribution in [0.2, 0.25) is 5.02 Å². The summed E-state index contributed by atoms with van der Waals surface area (Å²) in [7, 11) is -4.26. The van der Waals surface area contributed by atoms with Crippen LogP contribution in [0.1, 0.15) is 12.0 Å². The van der Waals surface area contributed by atoms with E-state index in [-0.39, 0.29) is 0 Å². The van der Waals surface area contributed by atoms with Gasteiger partial charge in [-0.1, -0.05) is 11.6 Å². The minimum absolute atomic E-state index is 0.412. The number of pyridine rings is 1. The van der Waals surface area contributed by atoms with Crippen LogP contribution in [0.25, 0.3) is 0 Å². The van der Waals surface area contributed by atoms with E-state index in [1.165, 1.54) is 0 Å². The van der Waals surface area contributed by atoms with Gasteiger partial charge in [0.05, 0.1) is 10.6 Å². The fraction of sp³-hybridized carbons (Fsp3) is 0.167. The summed E-state index contributed by atoms with van der Waals surface area (Å²) in [5.41, 5.74) is -0.792. The number of hydrogen-bond acceptors (Lipinski definition) is 3. The van der Waals surface area contributed by atoms with E-state index in [1.54, 1.807) is 0 Å². The van der Waals surface area contributed by atoms with Crippen LogP contribution in [-0.4, -0.2) is 13.4 Å². The molecule has 1 heterocycles. The molecule has 0 amide bonds. The maximum Gasteiger partial charge on any atom is 0.266 e. The second kappa shape index (κ2) is 3.76. The Morgan fingerprint density at radius 3 is 2.36 bits per heavy atom. The minimum Gasteiger partial charge on any atom is -0.263 e. The molecule has 0 aromatic carbocycles. The van der Waals surface area contributed by atoms with E-state index in [9.17, 15) is 17.2 Å². The molecular weight excluding hydrogens is 238 g/mol. The predicted molar refractivity (Wildman–Crippen MR) is 45.6 cm³/mol. The SMILES string of the molecule is NS(=O)(=O)c1c(Cl)cncc1C(F)F. The third kappa shape index (κ3) is 2.17. The van der Waals surface area contributed by atoms with Gasteiger partial charge in [0.25, 0.3) is 6.43 Å². The van der Waals surface area contributed by atoms with E-state index < -0.39 is 31.9 Å². The molecule has 0 bridgehead atoms. The van der Waals surface area contributed by atoms with Crippen molar-refractivity contribution in [1.82, 2.24) is 4.98 Å². The highest BCUT2D eigenvalue weighted by Gasteiger charge is 2.23. The molecule has 0 aliphatic heterocycles. The molecule has 0 spiro atoms. The molecule has 14 heavy (non-hydrogen) atoms. The number of halogens is 3. The van der Waals surface area contributed by atoms with E-state index >= 15 is 0 Å². The molecule has 4 nitrogen and oxygen atoms in total. The Morgan fingerprint density at radius 2 is 2.00 bits per heavy atom. The first kappa shape index (κ1) is 11.3. The molecule has 0 atom stereocenters. The Morgan fingerprint density at radius 1 is 1.43 bits per heavy atom. The van der Waals surface area contributed by atoms with Gasteiger partial charge in [0.15, 0.2) is 0 Å². The average Bonchev–Trinajstić information content (AvgIpc) is 2.01. The van der Waals surface area contributed by atoms with Crippen LogP contribution >= 0.6 is 11.6 Å².